The maximum atomic E-state index is 13.5. The predicted molar refractivity (Wildman–Crippen MR) is 66.4 cm³/mol. The maximum absolute atomic E-state index is 13.5. The molecular formula is C15H17F5. The van der Waals surface area contributed by atoms with Gasteiger partial charge >= 0.3 is 6.18 Å². The van der Waals surface area contributed by atoms with E-state index < -0.39 is 23.4 Å². The summed E-state index contributed by atoms with van der Waals surface area (Å²) in [7, 11) is 0. The van der Waals surface area contributed by atoms with E-state index in [0.717, 1.165) is 44.2 Å². The maximum Gasteiger partial charge on any atom is 0.422 e. The molecule has 0 nitrogen and oxygen atoms in total. The number of alkyl halides is 3. The van der Waals surface area contributed by atoms with E-state index in [1.165, 1.54) is 0 Å². The number of hydrogen-bond donors (Lipinski definition) is 0. The Morgan fingerprint density at radius 1 is 1.00 bits per heavy atom. The van der Waals surface area contributed by atoms with Crippen molar-refractivity contribution in [3.8, 4) is 0 Å². The van der Waals surface area contributed by atoms with Crippen molar-refractivity contribution in [1.82, 2.24) is 0 Å². The molecule has 1 aromatic rings. The molecule has 0 N–H and O–H groups in total. The monoisotopic (exact) mass is 292 g/mol. The molecule has 112 valence electrons. The van der Waals surface area contributed by atoms with Crippen LogP contribution in [0.15, 0.2) is 12.1 Å². The molecule has 1 aliphatic carbocycles. The minimum atomic E-state index is -4.99. The van der Waals surface area contributed by atoms with Crippen molar-refractivity contribution in [2.75, 3.05) is 0 Å². The van der Waals surface area contributed by atoms with Crippen molar-refractivity contribution in [3.63, 3.8) is 0 Å². The summed E-state index contributed by atoms with van der Waals surface area (Å²) in [6.07, 6.45) is -0.433. The zero-order valence-corrected chi connectivity index (χ0v) is 11.2. The molecule has 1 aliphatic rings. The smallest absolute Gasteiger partial charge is 0.206 e. The Balaban J connectivity index is 2.23. The van der Waals surface area contributed by atoms with Crippen LogP contribution in [0.2, 0.25) is 0 Å². The second kappa shape index (κ2) is 5.70. The van der Waals surface area contributed by atoms with Crippen LogP contribution in [0, 0.1) is 17.6 Å². The third-order valence-electron chi connectivity index (χ3n) is 4.24. The zero-order chi connectivity index (χ0) is 14.9. The highest BCUT2D eigenvalue weighted by molar-refractivity contribution is 5.30. The Bertz CT molecular complexity index is 447. The van der Waals surface area contributed by atoms with Crippen LogP contribution < -0.4 is 0 Å². The van der Waals surface area contributed by atoms with E-state index in [2.05, 4.69) is 6.92 Å². The minimum Gasteiger partial charge on any atom is -0.206 e. The first-order valence-electron chi connectivity index (χ1n) is 6.89. The first-order chi connectivity index (χ1) is 9.32. The van der Waals surface area contributed by atoms with Crippen LogP contribution in [-0.4, -0.2) is 0 Å². The molecule has 5 heteroatoms. The van der Waals surface area contributed by atoms with Gasteiger partial charge in [0, 0.05) is 0 Å². The number of halogens is 5. The van der Waals surface area contributed by atoms with Crippen LogP contribution in [0.5, 0.6) is 0 Å². The predicted octanol–water partition coefficient (Wildman–Crippen LogP) is 5.67. The Morgan fingerprint density at radius 2 is 1.50 bits per heavy atom. The second-order valence-electron chi connectivity index (χ2n) is 5.48. The molecule has 0 radical (unpaired) electrons. The van der Waals surface area contributed by atoms with E-state index in [1.807, 2.05) is 0 Å². The molecule has 1 fully saturated rings. The summed E-state index contributed by atoms with van der Waals surface area (Å²) in [4.78, 5) is 0. The van der Waals surface area contributed by atoms with Crippen LogP contribution in [0.3, 0.4) is 0 Å². The zero-order valence-electron chi connectivity index (χ0n) is 11.2. The highest BCUT2D eigenvalue weighted by atomic mass is 19.4. The molecule has 0 aliphatic heterocycles. The summed E-state index contributed by atoms with van der Waals surface area (Å²) in [5.74, 6) is -2.44. The van der Waals surface area contributed by atoms with E-state index in [4.69, 9.17) is 0 Å². The third-order valence-corrected chi connectivity index (χ3v) is 4.24. The highest BCUT2D eigenvalue weighted by Crippen LogP contribution is 2.40. The van der Waals surface area contributed by atoms with Gasteiger partial charge in [-0.05, 0) is 55.2 Å². The van der Waals surface area contributed by atoms with Gasteiger partial charge in [-0.1, -0.05) is 13.3 Å². The van der Waals surface area contributed by atoms with Gasteiger partial charge in [0.1, 0.15) is 17.2 Å². The molecule has 1 saturated carbocycles. The summed E-state index contributed by atoms with van der Waals surface area (Å²) in [6, 6.07) is 1.70. The van der Waals surface area contributed by atoms with Gasteiger partial charge in [0.25, 0.3) is 0 Å². The third kappa shape index (κ3) is 3.13. The fraction of sp³-hybridized carbons (Fsp3) is 0.600. The molecule has 0 heterocycles. The van der Waals surface area contributed by atoms with Crippen molar-refractivity contribution in [2.24, 2.45) is 5.92 Å². The molecule has 20 heavy (non-hydrogen) atoms. The van der Waals surface area contributed by atoms with E-state index in [-0.39, 0.29) is 5.92 Å². The Hall–Kier alpha value is -1.13. The quantitative estimate of drug-likeness (QED) is 0.616. The van der Waals surface area contributed by atoms with Gasteiger partial charge in [-0.25, -0.2) is 8.78 Å². The molecule has 0 aromatic heterocycles. The lowest BCUT2D eigenvalue weighted by molar-refractivity contribution is -0.142. The van der Waals surface area contributed by atoms with Gasteiger partial charge in [0.05, 0.1) is 0 Å². The Morgan fingerprint density at radius 3 is 1.90 bits per heavy atom. The molecule has 0 unspecified atom stereocenters. The molecular weight excluding hydrogens is 275 g/mol. The first kappa shape index (κ1) is 15.3. The van der Waals surface area contributed by atoms with Crippen LogP contribution in [0.4, 0.5) is 22.0 Å². The normalized spacial score (nSPS) is 23.9. The topological polar surface area (TPSA) is 0 Å². The number of rotatable bonds is 2. The van der Waals surface area contributed by atoms with Gasteiger partial charge in [0.2, 0.25) is 0 Å². The molecule has 1 aromatic carbocycles. The lowest BCUT2D eigenvalue weighted by Gasteiger charge is -2.28. The largest absolute Gasteiger partial charge is 0.422 e. The average molecular weight is 292 g/mol. The second-order valence-corrected chi connectivity index (χ2v) is 5.48. The first-order valence-corrected chi connectivity index (χ1v) is 6.89. The van der Waals surface area contributed by atoms with Gasteiger partial charge in [-0.2, -0.15) is 13.2 Å². The summed E-state index contributed by atoms with van der Waals surface area (Å²) >= 11 is 0. The Kier molecular flexibility index (Phi) is 4.35. The van der Waals surface area contributed by atoms with Crippen molar-refractivity contribution >= 4 is 0 Å². The Labute approximate surface area is 115 Å². The standard InChI is InChI=1S/C15H17F5/c1-2-9-3-5-10(6-4-9)11-7-12(16)14(13(17)8-11)15(18,19)20/h7-10H,2-6H2,1H3. The van der Waals surface area contributed by atoms with Crippen LogP contribution in [-0.2, 0) is 6.18 Å². The van der Waals surface area contributed by atoms with E-state index in [1.54, 1.807) is 0 Å². The number of hydrogen-bond acceptors (Lipinski definition) is 0. The highest BCUT2D eigenvalue weighted by Gasteiger charge is 2.38. The SMILES string of the molecule is CCC1CCC(c2cc(F)c(C(F)(F)F)c(F)c2)CC1. The lowest BCUT2D eigenvalue weighted by Crippen LogP contribution is -2.16. The van der Waals surface area contributed by atoms with E-state index in [9.17, 15) is 22.0 Å². The van der Waals surface area contributed by atoms with Crippen molar-refractivity contribution in [2.45, 2.75) is 51.1 Å². The van der Waals surface area contributed by atoms with Crippen LogP contribution >= 0.6 is 0 Å². The lowest BCUT2D eigenvalue weighted by atomic mass is 9.77. The molecule has 0 bridgehead atoms. The van der Waals surface area contributed by atoms with E-state index >= 15 is 0 Å². The van der Waals surface area contributed by atoms with Crippen molar-refractivity contribution in [3.05, 3.63) is 34.9 Å². The molecule has 0 spiro atoms. The molecule has 0 atom stereocenters. The van der Waals surface area contributed by atoms with Gasteiger partial charge in [-0.15, -0.1) is 0 Å². The minimum absolute atomic E-state index is 0.0379. The van der Waals surface area contributed by atoms with Gasteiger partial charge in [-0.3, -0.25) is 0 Å². The van der Waals surface area contributed by atoms with Crippen molar-refractivity contribution in [1.29, 1.82) is 0 Å². The average Bonchev–Trinajstić information content (AvgIpc) is 2.36. The summed E-state index contributed by atoms with van der Waals surface area (Å²) < 4.78 is 64.6. The van der Waals surface area contributed by atoms with Crippen LogP contribution in [0.1, 0.15) is 56.1 Å². The molecule has 0 saturated heterocycles. The molecule has 2 rings (SSSR count). The van der Waals surface area contributed by atoms with E-state index in [0.29, 0.717) is 11.5 Å². The molecule has 0 amide bonds. The van der Waals surface area contributed by atoms with Gasteiger partial charge < -0.3 is 0 Å². The fourth-order valence-electron chi connectivity index (χ4n) is 3.00. The summed E-state index contributed by atoms with van der Waals surface area (Å²) in [6.45, 7) is 2.10. The van der Waals surface area contributed by atoms with Crippen molar-refractivity contribution < 1.29 is 22.0 Å². The van der Waals surface area contributed by atoms with Gasteiger partial charge in [0.15, 0.2) is 0 Å². The summed E-state index contributed by atoms with van der Waals surface area (Å²) in [5, 5.41) is 0. The number of benzene rings is 1. The summed E-state index contributed by atoms with van der Waals surface area (Å²) in [5.41, 5.74) is -1.44. The van der Waals surface area contributed by atoms with Crippen LogP contribution in [0.25, 0.3) is 0 Å². The fourth-order valence-corrected chi connectivity index (χ4v) is 3.00.